The molecule has 2 aromatic rings. The summed E-state index contributed by atoms with van der Waals surface area (Å²) in [5.41, 5.74) is 1.14. The van der Waals surface area contributed by atoms with Crippen LogP contribution in [0.25, 0.3) is 0 Å². The van der Waals surface area contributed by atoms with Gasteiger partial charge in [0.1, 0.15) is 12.4 Å². The lowest BCUT2D eigenvalue weighted by atomic mass is 10.2. The average Bonchev–Trinajstić information content (AvgIpc) is 3.25. The third-order valence-corrected chi connectivity index (χ3v) is 4.58. The molecule has 1 N–H and O–H groups in total. The third kappa shape index (κ3) is 4.69. The molecule has 146 valence electrons. The molecule has 27 heavy (non-hydrogen) atoms. The molecule has 0 saturated heterocycles. The van der Waals surface area contributed by atoms with Gasteiger partial charge in [-0.3, -0.25) is 0 Å². The molecule has 1 aliphatic heterocycles. The van der Waals surface area contributed by atoms with Crippen LogP contribution in [0.3, 0.4) is 0 Å². The minimum atomic E-state index is 0.289. The van der Waals surface area contributed by atoms with E-state index >= 15 is 0 Å². The highest BCUT2D eigenvalue weighted by Gasteiger charge is 2.15. The fraction of sp³-hybridized carbons (Fsp3) is 0.526. The van der Waals surface area contributed by atoms with E-state index < -0.39 is 0 Å². The second kappa shape index (κ2) is 8.75. The van der Waals surface area contributed by atoms with E-state index in [9.17, 15) is 0 Å². The van der Waals surface area contributed by atoms with Crippen molar-refractivity contribution in [3.8, 4) is 11.5 Å². The van der Waals surface area contributed by atoms with Crippen LogP contribution in [0.15, 0.2) is 23.2 Å². The first-order valence-corrected chi connectivity index (χ1v) is 9.31. The lowest BCUT2D eigenvalue weighted by Gasteiger charge is -2.22. The minimum absolute atomic E-state index is 0.289. The van der Waals surface area contributed by atoms with E-state index in [4.69, 9.17) is 14.5 Å². The van der Waals surface area contributed by atoms with Crippen LogP contribution in [0.1, 0.15) is 37.0 Å². The molecule has 3 rings (SSSR count). The molecule has 0 bridgehead atoms. The van der Waals surface area contributed by atoms with Crippen molar-refractivity contribution in [1.29, 1.82) is 0 Å². The highest BCUT2D eigenvalue weighted by atomic mass is 16.7. The lowest BCUT2D eigenvalue weighted by Crippen LogP contribution is -2.39. The van der Waals surface area contributed by atoms with E-state index in [1.807, 2.05) is 37.7 Å². The molecule has 1 aliphatic rings. The molecule has 0 aliphatic carbocycles. The summed E-state index contributed by atoms with van der Waals surface area (Å²) in [7, 11) is 3.99. The Bertz CT molecular complexity index is 801. The smallest absolute Gasteiger partial charge is 0.231 e. The normalized spacial score (nSPS) is 13.1. The number of benzene rings is 1. The molecule has 0 spiro atoms. The van der Waals surface area contributed by atoms with Crippen molar-refractivity contribution in [2.24, 2.45) is 12.0 Å². The van der Waals surface area contributed by atoms with Gasteiger partial charge in [0.15, 0.2) is 23.3 Å². The van der Waals surface area contributed by atoms with E-state index in [-0.39, 0.29) is 6.79 Å². The zero-order valence-electron chi connectivity index (χ0n) is 16.5. The largest absolute Gasteiger partial charge is 0.454 e. The number of nitrogens with one attached hydrogen (secondary N) is 1. The first kappa shape index (κ1) is 19.0. The van der Waals surface area contributed by atoms with Crippen molar-refractivity contribution in [2.75, 3.05) is 20.4 Å². The average molecular weight is 372 g/mol. The predicted molar refractivity (Wildman–Crippen MR) is 104 cm³/mol. The van der Waals surface area contributed by atoms with Crippen LogP contribution in [0, 0.1) is 6.92 Å². The van der Waals surface area contributed by atoms with Gasteiger partial charge < -0.3 is 24.3 Å². The Morgan fingerprint density at radius 2 is 2.11 bits per heavy atom. The van der Waals surface area contributed by atoms with Gasteiger partial charge in [-0.1, -0.05) is 19.4 Å². The molecule has 1 aromatic carbocycles. The Labute approximate surface area is 160 Å². The summed E-state index contributed by atoms with van der Waals surface area (Å²) < 4.78 is 12.8. The Hall–Kier alpha value is -2.77. The topological polar surface area (TPSA) is 76.8 Å². The van der Waals surface area contributed by atoms with E-state index in [1.165, 1.54) is 0 Å². The van der Waals surface area contributed by atoms with Gasteiger partial charge in [0.25, 0.3) is 0 Å². The maximum absolute atomic E-state index is 5.48. The first-order valence-electron chi connectivity index (χ1n) is 9.31. The summed E-state index contributed by atoms with van der Waals surface area (Å²) >= 11 is 0. The van der Waals surface area contributed by atoms with Crippen LogP contribution in [-0.4, -0.2) is 46.0 Å². The monoisotopic (exact) mass is 372 g/mol. The quantitative estimate of drug-likeness (QED) is 0.456. The molecule has 0 saturated carbocycles. The van der Waals surface area contributed by atoms with Crippen molar-refractivity contribution >= 4 is 5.96 Å². The van der Waals surface area contributed by atoms with Crippen LogP contribution < -0.4 is 14.8 Å². The van der Waals surface area contributed by atoms with Gasteiger partial charge in [-0.2, -0.15) is 0 Å². The number of aryl methyl sites for hydroxylation is 1. The number of hydrogen-bond donors (Lipinski definition) is 1. The molecule has 1 aromatic heterocycles. The summed E-state index contributed by atoms with van der Waals surface area (Å²) in [4.78, 5) is 6.87. The molecule has 8 nitrogen and oxygen atoms in total. The van der Waals surface area contributed by atoms with E-state index in [2.05, 4.69) is 33.4 Å². The van der Waals surface area contributed by atoms with Crippen LogP contribution in [0.5, 0.6) is 11.5 Å². The third-order valence-electron chi connectivity index (χ3n) is 4.58. The summed E-state index contributed by atoms with van der Waals surface area (Å²) in [5, 5.41) is 11.7. The van der Waals surface area contributed by atoms with Crippen LogP contribution in [0.2, 0.25) is 0 Å². The number of hydrogen-bond acceptors (Lipinski definition) is 5. The zero-order valence-corrected chi connectivity index (χ0v) is 16.5. The summed E-state index contributed by atoms with van der Waals surface area (Å²) in [5.74, 6) is 4.18. The SMILES string of the molecule is CCCCNC(=NCc1nnc(C)n1C)N(C)Cc1ccc2c(c1)OCO2. The number of rotatable bonds is 7. The van der Waals surface area contributed by atoms with Crippen molar-refractivity contribution in [3.05, 3.63) is 35.4 Å². The Balaban J connectivity index is 1.70. The lowest BCUT2D eigenvalue weighted by molar-refractivity contribution is 0.174. The highest BCUT2D eigenvalue weighted by Crippen LogP contribution is 2.32. The van der Waals surface area contributed by atoms with Crippen molar-refractivity contribution in [3.63, 3.8) is 0 Å². The Kier molecular flexibility index (Phi) is 6.16. The van der Waals surface area contributed by atoms with Gasteiger partial charge >= 0.3 is 0 Å². The fourth-order valence-electron chi connectivity index (χ4n) is 2.81. The Morgan fingerprint density at radius 3 is 2.85 bits per heavy atom. The summed E-state index contributed by atoms with van der Waals surface area (Å²) in [6, 6.07) is 6.03. The second-order valence-electron chi connectivity index (χ2n) is 6.69. The number of aromatic nitrogens is 3. The standard InChI is InChI=1S/C19H28N6O2/c1-5-6-9-20-19(21-11-18-23-22-14(2)25(18)4)24(3)12-15-7-8-16-17(10-15)27-13-26-16/h7-8,10H,5-6,9,11-13H2,1-4H3,(H,20,21). The van der Waals surface area contributed by atoms with Crippen molar-refractivity contribution < 1.29 is 9.47 Å². The number of aliphatic imine (C=N–C) groups is 1. The maximum atomic E-state index is 5.48. The number of unbranched alkanes of at least 4 members (excludes halogenated alkanes) is 1. The van der Waals surface area contributed by atoms with Crippen molar-refractivity contribution in [1.82, 2.24) is 25.0 Å². The fourth-order valence-corrected chi connectivity index (χ4v) is 2.81. The molecule has 8 heteroatoms. The summed E-state index contributed by atoms with van der Waals surface area (Å²) in [6.07, 6.45) is 2.23. The van der Waals surface area contributed by atoms with Crippen LogP contribution in [-0.2, 0) is 20.1 Å². The van der Waals surface area contributed by atoms with Crippen LogP contribution >= 0.6 is 0 Å². The molecule has 0 atom stereocenters. The second-order valence-corrected chi connectivity index (χ2v) is 6.69. The number of fused-ring (bicyclic) bond motifs is 1. The predicted octanol–water partition coefficient (Wildman–Crippen LogP) is 2.23. The molecule has 0 radical (unpaired) electrons. The zero-order chi connectivity index (χ0) is 19.2. The number of ether oxygens (including phenoxy) is 2. The van der Waals surface area contributed by atoms with E-state index in [0.717, 1.165) is 54.1 Å². The molecule has 0 amide bonds. The van der Waals surface area contributed by atoms with Gasteiger partial charge in [0.2, 0.25) is 6.79 Å². The Morgan fingerprint density at radius 1 is 1.30 bits per heavy atom. The van der Waals surface area contributed by atoms with Gasteiger partial charge in [0, 0.05) is 27.2 Å². The van der Waals surface area contributed by atoms with Crippen molar-refractivity contribution in [2.45, 2.75) is 39.8 Å². The maximum Gasteiger partial charge on any atom is 0.231 e. The van der Waals surface area contributed by atoms with E-state index in [1.54, 1.807) is 0 Å². The highest BCUT2D eigenvalue weighted by molar-refractivity contribution is 5.79. The van der Waals surface area contributed by atoms with E-state index in [0.29, 0.717) is 13.1 Å². The number of nitrogens with zero attached hydrogens (tertiary/aromatic N) is 5. The summed E-state index contributed by atoms with van der Waals surface area (Å²) in [6.45, 7) is 6.49. The molecule has 0 unspecified atom stereocenters. The molecule has 0 fully saturated rings. The molecule has 2 heterocycles. The molecular weight excluding hydrogens is 344 g/mol. The van der Waals surface area contributed by atoms with Gasteiger partial charge in [-0.15, -0.1) is 10.2 Å². The first-order chi connectivity index (χ1) is 13.1. The number of guanidine groups is 1. The molecular formula is C19H28N6O2. The van der Waals surface area contributed by atoms with Crippen LogP contribution in [0.4, 0.5) is 0 Å². The van der Waals surface area contributed by atoms with Gasteiger partial charge in [-0.25, -0.2) is 4.99 Å². The minimum Gasteiger partial charge on any atom is -0.454 e. The van der Waals surface area contributed by atoms with Gasteiger partial charge in [-0.05, 0) is 31.0 Å². The van der Waals surface area contributed by atoms with Gasteiger partial charge in [0.05, 0.1) is 0 Å².